The molecular weight excluding hydrogens is 583 g/mol. The van der Waals surface area contributed by atoms with Gasteiger partial charge < -0.3 is 23.9 Å². The van der Waals surface area contributed by atoms with Crippen molar-refractivity contribution in [3.05, 3.63) is 61.2 Å². The van der Waals surface area contributed by atoms with Crippen molar-refractivity contribution in [2.45, 2.75) is 58.9 Å². The van der Waals surface area contributed by atoms with Crippen LogP contribution in [0.3, 0.4) is 0 Å². The van der Waals surface area contributed by atoms with Crippen molar-refractivity contribution in [2.24, 2.45) is 0 Å². The quantitative estimate of drug-likeness (QED) is 0.108. The number of carbonyl (C=O) groups is 1. The number of amides is 1. The summed E-state index contributed by atoms with van der Waals surface area (Å²) in [6.45, 7) is 14.8. The van der Waals surface area contributed by atoms with E-state index in [1.165, 1.54) is 6.08 Å². The third kappa shape index (κ3) is 9.97. The van der Waals surface area contributed by atoms with Crippen LogP contribution in [0.4, 0.5) is 11.4 Å². The van der Waals surface area contributed by atoms with Crippen molar-refractivity contribution < 1.29 is 18.1 Å². The summed E-state index contributed by atoms with van der Waals surface area (Å²) >= 11 is 0. The van der Waals surface area contributed by atoms with Crippen molar-refractivity contribution in [2.75, 3.05) is 37.0 Å². The van der Waals surface area contributed by atoms with Crippen molar-refractivity contribution in [1.82, 2.24) is 0 Å². The predicted molar refractivity (Wildman–Crippen MR) is 163 cm³/mol. The van der Waals surface area contributed by atoms with E-state index in [0.29, 0.717) is 19.8 Å². The van der Waals surface area contributed by atoms with Gasteiger partial charge in [-0.25, -0.2) is 0 Å². The van der Waals surface area contributed by atoms with Crippen molar-refractivity contribution >= 4 is 50.1 Å². The van der Waals surface area contributed by atoms with Gasteiger partial charge >= 0.3 is 8.80 Å². The lowest BCUT2D eigenvalue weighted by Gasteiger charge is -2.34. The average molecular weight is 627 g/mol. The smallest absolute Gasteiger partial charge is 0.385 e. The van der Waals surface area contributed by atoms with Crippen LogP contribution in [-0.2, 0) is 18.1 Å². The molecule has 8 heteroatoms. The Morgan fingerprint density at radius 2 is 1.50 bits per heavy atom. The van der Waals surface area contributed by atoms with Gasteiger partial charge in [-0.3, -0.25) is 4.79 Å². The first kappa shape index (κ1) is 32.3. The van der Waals surface area contributed by atoms with Gasteiger partial charge in [0.05, 0.1) is 0 Å². The second-order valence-electron chi connectivity index (χ2n) is 8.58. The van der Waals surface area contributed by atoms with Crippen LogP contribution in [0.5, 0.6) is 0 Å². The Labute approximate surface area is 235 Å². The molecule has 200 valence electrons. The number of anilines is 2. The molecule has 0 aliphatic carbocycles. The van der Waals surface area contributed by atoms with E-state index >= 15 is 0 Å². The van der Waals surface area contributed by atoms with E-state index in [0.717, 1.165) is 54.7 Å². The Morgan fingerprint density at radius 1 is 0.944 bits per heavy atom. The van der Waals surface area contributed by atoms with E-state index in [4.69, 9.17) is 13.3 Å². The molecule has 0 aromatic heterocycles. The van der Waals surface area contributed by atoms with E-state index in [9.17, 15) is 4.79 Å². The van der Waals surface area contributed by atoms with Gasteiger partial charge in [0.2, 0.25) is 5.91 Å². The minimum atomic E-state index is -2.78. The molecule has 36 heavy (non-hydrogen) atoms. The lowest BCUT2D eigenvalue weighted by Crippen LogP contribution is -2.50. The zero-order valence-corrected chi connectivity index (χ0v) is 25.5. The predicted octanol–water partition coefficient (Wildman–Crippen LogP) is 7.51. The van der Waals surface area contributed by atoms with Gasteiger partial charge in [-0.2, -0.15) is 0 Å². The van der Waals surface area contributed by atoms with E-state index in [1.54, 1.807) is 0 Å². The molecule has 0 aliphatic rings. The fourth-order valence-electron chi connectivity index (χ4n) is 3.70. The van der Waals surface area contributed by atoms with Gasteiger partial charge in [-0.05, 0) is 55.5 Å². The first-order valence-corrected chi connectivity index (χ1v) is 14.6. The molecule has 2 aromatic carbocycles. The lowest BCUT2D eigenvalue weighted by atomic mass is 10.0. The molecule has 0 heterocycles. The number of rotatable bonds is 17. The Hall–Kier alpha value is -1.72. The number of hydrogen-bond acceptors (Lipinski definition) is 5. The van der Waals surface area contributed by atoms with Crippen LogP contribution >= 0.6 is 24.0 Å². The van der Waals surface area contributed by atoms with E-state index < -0.39 is 8.80 Å². The highest BCUT2D eigenvalue weighted by Gasteiger charge is 2.46. The van der Waals surface area contributed by atoms with E-state index in [1.807, 2.05) is 36.4 Å². The van der Waals surface area contributed by atoms with Crippen LogP contribution in [0.2, 0.25) is 5.54 Å². The molecule has 1 unspecified atom stereocenters. The molecule has 0 fully saturated rings. The number of hydrogen-bond donors (Lipinski definition) is 2. The molecular formula is C28H43IN2O4Si. The SMILES string of the molecule is C=CC(=O)Nc1ccc(-c2ccccc2NCCC(C)[Si](OCCC)(OCCC)OCCC)cc1.I. The zero-order valence-electron chi connectivity index (χ0n) is 22.2. The number of para-hydroxylation sites is 1. The van der Waals surface area contributed by atoms with E-state index in [2.05, 4.69) is 57.0 Å². The lowest BCUT2D eigenvalue weighted by molar-refractivity contribution is -0.111. The molecule has 6 nitrogen and oxygen atoms in total. The number of benzene rings is 2. The third-order valence-electron chi connectivity index (χ3n) is 5.59. The number of halogens is 1. The van der Waals surface area contributed by atoms with Gasteiger partial charge in [-0.1, -0.05) is 64.6 Å². The zero-order chi connectivity index (χ0) is 25.5. The molecule has 0 aliphatic heterocycles. The van der Waals surface area contributed by atoms with Gasteiger partial charge in [-0.15, -0.1) is 24.0 Å². The standard InChI is InChI=1S/C28H42N2O4Si.HI/c1-6-20-32-35(33-21-7-2,34-22-8-3)23(5)18-19-29-27-13-11-10-12-26(27)24-14-16-25(17-15-24)30-28(31)9-4;/h9-17,23,29H,4,6-8,18-22H2,1-3,5H3,(H,30,31);1H. The highest BCUT2D eigenvalue weighted by atomic mass is 127. The second-order valence-corrected chi connectivity index (χ2v) is 11.6. The third-order valence-corrected chi connectivity index (χ3v) is 8.91. The fourth-order valence-corrected chi connectivity index (χ4v) is 6.77. The number of nitrogens with one attached hydrogen (secondary N) is 2. The Kier molecular flexibility index (Phi) is 15.9. The average Bonchev–Trinajstić information content (AvgIpc) is 2.89. The van der Waals surface area contributed by atoms with Crippen LogP contribution in [0, 0.1) is 0 Å². The molecule has 2 aromatic rings. The topological polar surface area (TPSA) is 68.8 Å². The largest absolute Gasteiger partial charge is 0.504 e. The first-order valence-electron chi connectivity index (χ1n) is 12.8. The van der Waals surface area contributed by atoms with Crippen LogP contribution in [0.15, 0.2) is 61.2 Å². The molecule has 0 spiro atoms. The molecule has 0 saturated carbocycles. The fraction of sp³-hybridized carbons (Fsp3) is 0.464. The maximum atomic E-state index is 11.5. The van der Waals surface area contributed by atoms with Gasteiger partial charge in [0.15, 0.2) is 0 Å². The van der Waals surface area contributed by atoms with Crippen molar-refractivity contribution in [3.63, 3.8) is 0 Å². The van der Waals surface area contributed by atoms with Gasteiger partial charge in [0, 0.05) is 48.8 Å². The Balaban J connectivity index is 0.00000648. The van der Waals surface area contributed by atoms with Crippen molar-refractivity contribution in [1.29, 1.82) is 0 Å². The summed E-state index contributed by atoms with van der Waals surface area (Å²) in [6, 6.07) is 16.1. The molecule has 0 saturated heterocycles. The Bertz CT molecular complexity index is 889. The minimum absolute atomic E-state index is 0. The maximum Gasteiger partial charge on any atom is 0.504 e. The molecule has 1 atom stereocenters. The van der Waals surface area contributed by atoms with Crippen LogP contribution in [0.25, 0.3) is 11.1 Å². The summed E-state index contributed by atoms with van der Waals surface area (Å²) in [7, 11) is -2.78. The first-order chi connectivity index (χ1) is 17.0. The minimum Gasteiger partial charge on any atom is -0.385 e. The second kappa shape index (κ2) is 17.7. The Morgan fingerprint density at radius 3 is 2.03 bits per heavy atom. The highest BCUT2D eigenvalue weighted by molar-refractivity contribution is 14.0. The maximum absolute atomic E-state index is 11.5. The van der Waals surface area contributed by atoms with E-state index in [-0.39, 0.29) is 35.4 Å². The highest BCUT2D eigenvalue weighted by Crippen LogP contribution is 2.32. The summed E-state index contributed by atoms with van der Waals surface area (Å²) in [6.07, 6.45) is 4.96. The number of carbonyl (C=O) groups excluding carboxylic acids is 1. The summed E-state index contributed by atoms with van der Waals surface area (Å²) in [5.74, 6) is -0.220. The summed E-state index contributed by atoms with van der Waals surface area (Å²) in [4.78, 5) is 11.5. The van der Waals surface area contributed by atoms with Gasteiger partial charge in [0.1, 0.15) is 0 Å². The summed E-state index contributed by atoms with van der Waals surface area (Å²) < 4.78 is 19.0. The summed E-state index contributed by atoms with van der Waals surface area (Å²) in [5, 5.41) is 6.40. The van der Waals surface area contributed by atoms with Crippen molar-refractivity contribution in [3.8, 4) is 11.1 Å². The summed E-state index contributed by atoms with van der Waals surface area (Å²) in [5.41, 5.74) is 4.17. The molecule has 2 rings (SSSR count). The monoisotopic (exact) mass is 626 g/mol. The molecule has 0 bridgehead atoms. The molecule has 2 N–H and O–H groups in total. The van der Waals surface area contributed by atoms with Crippen LogP contribution in [-0.4, -0.2) is 41.1 Å². The van der Waals surface area contributed by atoms with Crippen LogP contribution < -0.4 is 10.6 Å². The van der Waals surface area contributed by atoms with Crippen LogP contribution in [0.1, 0.15) is 53.4 Å². The normalized spacial score (nSPS) is 11.9. The molecule has 1 amide bonds. The van der Waals surface area contributed by atoms with Gasteiger partial charge in [0.25, 0.3) is 0 Å². The molecule has 0 radical (unpaired) electrons.